The minimum Gasteiger partial charge on any atom is -0.353 e. The van der Waals surface area contributed by atoms with Crippen molar-refractivity contribution >= 4 is 5.96 Å². The van der Waals surface area contributed by atoms with Crippen molar-refractivity contribution in [1.29, 1.82) is 0 Å². The third kappa shape index (κ3) is 3.70. The van der Waals surface area contributed by atoms with Crippen LogP contribution in [0.15, 0.2) is 23.2 Å². The number of aliphatic imine (C=N–C) groups is 1. The molecule has 26 heavy (non-hydrogen) atoms. The Labute approximate surface area is 154 Å². The fraction of sp³-hybridized carbons (Fsp3) is 0.650. The lowest BCUT2D eigenvalue weighted by atomic mass is 10.1. The van der Waals surface area contributed by atoms with E-state index in [-0.39, 0.29) is 17.5 Å². The summed E-state index contributed by atoms with van der Waals surface area (Å²) >= 11 is 0. The molecule has 3 fully saturated rings. The fourth-order valence-corrected chi connectivity index (χ4v) is 4.51. The quantitative estimate of drug-likeness (QED) is 0.660. The lowest BCUT2D eigenvalue weighted by Crippen LogP contribution is -2.42. The Morgan fingerprint density at radius 3 is 2.62 bits per heavy atom. The van der Waals surface area contributed by atoms with Gasteiger partial charge < -0.3 is 15.1 Å². The second-order valence-corrected chi connectivity index (χ2v) is 7.88. The highest BCUT2D eigenvalue weighted by Crippen LogP contribution is 2.43. The molecule has 0 radical (unpaired) electrons. The monoisotopic (exact) mass is 362 g/mol. The molecule has 3 aliphatic rings. The Bertz CT molecular complexity index is 652. The minimum atomic E-state index is -0.443. The number of rotatable bonds is 4. The maximum Gasteiger partial charge on any atom is 0.193 e. The summed E-state index contributed by atoms with van der Waals surface area (Å²) in [7, 11) is 1.79. The van der Waals surface area contributed by atoms with Gasteiger partial charge in [-0.25, -0.2) is 8.78 Å². The summed E-state index contributed by atoms with van der Waals surface area (Å²) in [6.07, 6.45) is 4.60. The van der Waals surface area contributed by atoms with E-state index in [0.717, 1.165) is 25.5 Å². The zero-order valence-electron chi connectivity index (χ0n) is 15.4. The Balaban J connectivity index is 1.32. The van der Waals surface area contributed by atoms with Crippen LogP contribution in [-0.4, -0.2) is 61.6 Å². The molecule has 2 heterocycles. The molecule has 4 rings (SSSR count). The average Bonchev–Trinajstić information content (AvgIpc) is 3.01. The van der Waals surface area contributed by atoms with Crippen LogP contribution in [0.5, 0.6) is 0 Å². The first-order valence-corrected chi connectivity index (χ1v) is 9.80. The van der Waals surface area contributed by atoms with Gasteiger partial charge in [0.25, 0.3) is 0 Å². The van der Waals surface area contributed by atoms with Crippen LogP contribution < -0.4 is 5.32 Å². The van der Waals surface area contributed by atoms with Crippen molar-refractivity contribution in [2.24, 2.45) is 10.9 Å². The molecule has 1 aliphatic carbocycles. The number of hydrogen-bond donors (Lipinski definition) is 1. The van der Waals surface area contributed by atoms with Gasteiger partial charge in [0.2, 0.25) is 0 Å². The zero-order chi connectivity index (χ0) is 18.1. The molecule has 3 unspecified atom stereocenters. The summed E-state index contributed by atoms with van der Waals surface area (Å²) in [5.74, 6) is 0.571. The molecule has 0 bridgehead atoms. The van der Waals surface area contributed by atoms with Gasteiger partial charge in [0.05, 0.1) is 0 Å². The van der Waals surface area contributed by atoms with Gasteiger partial charge in [-0.15, -0.1) is 0 Å². The number of likely N-dealkylation sites (tertiary alicyclic amines) is 2. The van der Waals surface area contributed by atoms with Gasteiger partial charge in [0.15, 0.2) is 5.96 Å². The molecule has 1 saturated carbocycles. The molecule has 2 aliphatic heterocycles. The van der Waals surface area contributed by atoms with Gasteiger partial charge in [0.1, 0.15) is 11.6 Å². The summed E-state index contributed by atoms with van der Waals surface area (Å²) in [5.41, 5.74) is 0.216. The van der Waals surface area contributed by atoms with Gasteiger partial charge >= 0.3 is 0 Å². The highest BCUT2D eigenvalue weighted by Gasteiger charge is 2.43. The molecule has 6 heteroatoms. The smallest absolute Gasteiger partial charge is 0.193 e. The molecular weight excluding hydrogens is 334 g/mol. The predicted octanol–water partition coefficient (Wildman–Crippen LogP) is 2.81. The average molecular weight is 362 g/mol. The fourth-order valence-electron chi connectivity index (χ4n) is 4.51. The summed E-state index contributed by atoms with van der Waals surface area (Å²) < 4.78 is 27.9. The second-order valence-electron chi connectivity index (χ2n) is 7.88. The Morgan fingerprint density at radius 2 is 1.92 bits per heavy atom. The molecular formula is C20H28F2N4. The lowest BCUT2D eigenvalue weighted by molar-refractivity contribution is 0.281. The molecule has 1 aromatic carbocycles. The topological polar surface area (TPSA) is 30.9 Å². The van der Waals surface area contributed by atoms with Crippen molar-refractivity contribution in [3.05, 3.63) is 35.4 Å². The second kappa shape index (κ2) is 7.51. The maximum absolute atomic E-state index is 14.0. The van der Waals surface area contributed by atoms with Crippen LogP contribution in [0.25, 0.3) is 0 Å². The molecule has 2 saturated heterocycles. The van der Waals surface area contributed by atoms with Gasteiger partial charge in [-0.1, -0.05) is 6.07 Å². The van der Waals surface area contributed by atoms with Crippen molar-refractivity contribution in [3.63, 3.8) is 0 Å². The van der Waals surface area contributed by atoms with Crippen LogP contribution in [-0.2, 0) is 0 Å². The Kier molecular flexibility index (Phi) is 5.11. The number of nitrogens with zero attached hydrogens (tertiary/aromatic N) is 3. The molecule has 0 aromatic heterocycles. The molecule has 1 aromatic rings. The normalized spacial score (nSPS) is 29.4. The summed E-state index contributed by atoms with van der Waals surface area (Å²) in [4.78, 5) is 9.29. The lowest BCUT2D eigenvalue weighted by Gasteiger charge is -2.23. The Morgan fingerprint density at radius 1 is 1.19 bits per heavy atom. The van der Waals surface area contributed by atoms with E-state index in [1.807, 2.05) is 0 Å². The van der Waals surface area contributed by atoms with E-state index in [2.05, 4.69) is 20.1 Å². The van der Waals surface area contributed by atoms with Gasteiger partial charge in [-0.2, -0.15) is 0 Å². The molecule has 3 atom stereocenters. The largest absolute Gasteiger partial charge is 0.353 e. The molecule has 142 valence electrons. The molecule has 1 N–H and O–H groups in total. The molecule has 0 spiro atoms. The van der Waals surface area contributed by atoms with E-state index in [1.165, 1.54) is 57.1 Å². The van der Waals surface area contributed by atoms with Crippen LogP contribution in [0.3, 0.4) is 0 Å². The van der Waals surface area contributed by atoms with Gasteiger partial charge in [-0.05, 0) is 56.8 Å². The third-order valence-corrected chi connectivity index (χ3v) is 5.99. The highest BCUT2D eigenvalue weighted by molar-refractivity contribution is 5.81. The van der Waals surface area contributed by atoms with Crippen molar-refractivity contribution in [3.8, 4) is 0 Å². The SMILES string of the molecule is CN=C(NC1CC1c1c(F)cccc1F)N1CCC(CN2CCCC2)C1. The van der Waals surface area contributed by atoms with E-state index in [9.17, 15) is 8.78 Å². The predicted molar refractivity (Wildman–Crippen MR) is 99.4 cm³/mol. The summed E-state index contributed by atoms with van der Waals surface area (Å²) in [6.45, 7) is 5.67. The first-order valence-electron chi connectivity index (χ1n) is 9.80. The summed E-state index contributed by atoms with van der Waals surface area (Å²) in [5, 5.41) is 3.43. The zero-order valence-corrected chi connectivity index (χ0v) is 15.4. The van der Waals surface area contributed by atoms with E-state index < -0.39 is 11.6 Å². The number of guanidine groups is 1. The first kappa shape index (κ1) is 17.7. The van der Waals surface area contributed by atoms with Crippen molar-refractivity contribution in [2.45, 2.75) is 37.6 Å². The Hall–Kier alpha value is -1.69. The van der Waals surface area contributed by atoms with Crippen molar-refractivity contribution in [2.75, 3.05) is 39.8 Å². The van der Waals surface area contributed by atoms with Crippen LogP contribution in [0.1, 0.15) is 37.2 Å². The standard InChI is InChI=1S/C20H28F2N4/c1-23-20(26-10-7-14(13-26)12-25-8-2-3-9-25)24-18-11-15(18)19-16(21)5-4-6-17(19)22/h4-6,14-15,18H,2-3,7-13H2,1H3,(H,23,24). The number of nitrogens with one attached hydrogen (secondary N) is 1. The van der Waals surface area contributed by atoms with Gasteiger partial charge in [-0.3, -0.25) is 4.99 Å². The van der Waals surface area contributed by atoms with E-state index >= 15 is 0 Å². The van der Waals surface area contributed by atoms with E-state index in [1.54, 1.807) is 7.05 Å². The minimum absolute atomic E-state index is 0.0673. The number of benzene rings is 1. The van der Waals surface area contributed by atoms with E-state index in [4.69, 9.17) is 0 Å². The van der Waals surface area contributed by atoms with Crippen LogP contribution >= 0.6 is 0 Å². The number of hydrogen-bond acceptors (Lipinski definition) is 2. The van der Waals surface area contributed by atoms with Crippen molar-refractivity contribution in [1.82, 2.24) is 15.1 Å². The maximum atomic E-state index is 14.0. The van der Waals surface area contributed by atoms with Crippen LogP contribution in [0.4, 0.5) is 8.78 Å². The molecule has 4 nitrogen and oxygen atoms in total. The summed E-state index contributed by atoms with van der Waals surface area (Å²) in [6, 6.07) is 4.17. The number of halogens is 2. The highest BCUT2D eigenvalue weighted by atomic mass is 19.1. The van der Waals surface area contributed by atoms with Crippen molar-refractivity contribution < 1.29 is 8.78 Å². The van der Waals surface area contributed by atoms with Crippen LogP contribution in [0.2, 0.25) is 0 Å². The first-order chi connectivity index (χ1) is 12.7. The van der Waals surface area contributed by atoms with E-state index in [0.29, 0.717) is 5.92 Å². The third-order valence-electron chi connectivity index (χ3n) is 5.99. The van der Waals surface area contributed by atoms with Gasteiger partial charge in [0, 0.05) is 44.2 Å². The van der Waals surface area contributed by atoms with Crippen LogP contribution in [0, 0.1) is 17.6 Å². The molecule has 0 amide bonds.